The molecule has 0 aliphatic heterocycles. The third-order valence-corrected chi connectivity index (χ3v) is 5.60. The van der Waals surface area contributed by atoms with Crippen molar-refractivity contribution in [2.45, 2.75) is 25.8 Å². The lowest BCUT2D eigenvalue weighted by Gasteiger charge is -2.16. The smallest absolute Gasteiger partial charge is 0.278 e. The molecule has 136 valence electrons. The van der Waals surface area contributed by atoms with Crippen LogP contribution in [0.3, 0.4) is 0 Å². The van der Waals surface area contributed by atoms with Crippen LogP contribution in [0.2, 0.25) is 0 Å². The summed E-state index contributed by atoms with van der Waals surface area (Å²) in [6, 6.07) is 0.812. The molecule has 2 N–H and O–H groups in total. The second kappa shape index (κ2) is 5.60. The van der Waals surface area contributed by atoms with Gasteiger partial charge < -0.3 is 10.3 Å². The van der Waals surface area contributed by atoms with Gasteiger partial charge in [0.25, 0.3) is 5.56 Å². The highest BCUT2D eigenvalue weighted by Gasteiger charge is 2.29. The van der Waals surface area contributed by atoms with Crippen LogP contribution in [0.25, 0.3) is 32.2 Å². The summed E-state index contributed by atoms with van der Waals surface area (Å²) in [6.45, 7) is -0.423. The zero-order valence-corrected chi connectivity index (χ0v) is 14.7. The summed E-state index contributed by atoms with van der Waals surface area (Å²) in [6.07, 6.45) is 1.43. The Bertz CT molecular complexity index is 1480. The van der Waals surface area contributed by atoms with Crippen LogP contribution in [0.15, 0.2) is 34.5 Å². The lowest BCUT2D eigenvalue weighted by Crippen LogP contribution is -2.20. The first-order valence-corrected chi connectivity index (χ1v) is 9.07. The molecule has 0 saturated heterocycles. The Hall–Kier alpha value is -2.80. The topological polar surface area (TPSA) is 60.9 Å². The Morgan fingerprint density at radius 2 is 2.11 bits per heavy atom. The molecule has 4 nitrogen and oxygen atoms in total. The molecule has 4 aromatic rings. The van der Waals surface area contributed by atoms with Crippen LogP contribution < -0.4 is 11.3 Å². The van der Waals surface area contributed by atoms with Crippen LogP contribution in [0.5, 0.6) is 0 Å². The number of aromatic nitrogens is 2. The Morgan fingerprint density at radius 3 is 2.85 bits per heavy atom. The van der Waals surface area contributed by atoms with Crippen molar-refractivity contribution in [3.8, 4) is 11.1 Å². The van der Waals surface area contributed by atoms with Gasteiger partial charge in [-0.1, -0.05) is 12.1 Å². The molecule has 2 aromatic heterocycles. The fourth-order valence-electron chi connectivity index (χ4n) is 3.37. The monoisotopic (exact) mass is 387 g/mol. The zero-order chi connectivity index (χ0) is 22.2. The van der Waals surface area contributed by atoms with E-state index in [9.17, 15) is 13.6 Å². The molecule has 2 aromatic carbocycles. The summed E-state index contributed by atoms with van der Waals surface area (Å²) in [5.41, 5.74) is 4.59. The van der Waals surface area contributed by atoms with Gasteiger partial charge in [0, 0.05) is 24.4 Å². The highest BCUT2D eigenvalue weighted by atomic mass is 32.1. The largest absolute Gasteiger partial charge is 0.396 e. The number of benzene rings is 2. The number of rotatable bonds is 2. The molecule has 0 amide bonds. The van der Waals surface area contributed by atoms with Gasteiger partial charge in [-0.2, -0.15) is 0 Å². The lowest BCUT2D eigenvalue weighted by atomic mass is 9.96. The van der Waals surface area contributed by atoms with Gasteiger partial charge in [0.15, 0.2) is 0 Å². The quantitative estimate of drug-likeness (QED) is 0.504. The minimum atomic E-state index is -0.881. The van der Waals surface area contributed by atoms with Crippen LogP contribution in [-0.2, 0) is 0 Å². The maximum absolute atomic E-state index is 14.8. The van der Waals surface area contributed by atoms with Crippen molar-refractivity contribution >= 4 is 38.1 Å². The molecule has 1 aliphatic carbocycles. The van der Waals surface area contributed by atoms with E-state index < -0.39 is 29.8 Å². The summed E-state index contributed by atoms with van der Waals surface area (Å²) in [5, 5.41) is 0.241. The molecule has 0 radical (unpaired) electrons. The van der Waals surface area contributed by atoms with Gasteiger partial charge >= 0.3 is 0 Å². The number of nitrogen functional groups attached to an aromatic ring is 1. The van der Waals surface area contributed by atoms with Crippen LogP contribution in [-0.4, -0.2) is 9.55 Å². The van der Waals surface area contributed by atoms with E-state index >= 15 is 0 Å². The molecule has 1 aliphatic rings. The fourth-order valence-corrected chi connectivity index (χ4v) is 4.07. The molecule has 1 fully saturated rings. The van der Waals surface area contributed by atoms with Gasteiger partial charge in [-0.3, -0.25) is 4.79 Å². The van der Waals surface area contributed by atoms with Crippen molar-refractivity contribution < 1.29 is 14.3 Å². The van der Waals surface area contributed by atoms with E-state index in [0.29, 0.717) is 17.5 Å². The molecule has 7 heteroatoms. The Labute approximate surface area is 162 Å². The Kier molecular flexibility index (Phi) is 2.60. The first kappa shape index (κ1) is 12.6. The highest BCUT2D eigenvalue weighted by Crippen LogP contribution is 2.41. The van der Waals surface area contributed by atoms with Crippen molar-refractivity contribution in [1.29, 1.82) is 0 Å². The predicted octanol–water partition coefficient (Wildman–Crippen LogP) is 4.78. The predicted molar refractivity (Wildman–Crippen MR) is 104 cm³/mol. The van der Waals surface area contributed by atoms with Crippen molar-refractivity contribution in [2.75, 3.05) is 5.73 Å². The maximum Gasteiger partial charge on any atom is 0.278 e. The van der Waals surface area contributed by atoms with Gasteiger partial charge in [-0.15, -0.1) is 11.3 Å². The fraction of sp³-hybridized carbons (Fsp3) is 0.200. The van der Waals surface area contributed by atoms with Gasteiger partial charge in [-0.05, 0) is 36.9 Å². The minimum Gasteiger partial charge on any atom is -0.396 e. The SMILES string of the molecule is [2H]Cc1c(-c2cc(F)c(N)cc2F)c([2H])c([2H])c2c3sc([2H])nc3c(=O)n(C3CC3)c12. The summed E-state index contributed by atoms with van der Waals surface area (Å²) in [4.78, 5) is 17.2. The molecule has 0 bridgehead atoms. The molecular formula is C20H15F2N3OS. The van der Waals surface area contributed by atoms with Crippen LogP contribution >= 0.6 is 11.3 Å². The molecule has 5 rings (SSSR count). The van der Waals surface area contributed by atoms with E-state index in [2.05, 4.69) is 4.98 Å². The van der Waals surface area contributed by atoms with Crippen LogP contribution in [0.4, 0.5) is 14.5 Å². The van der Waals surface area contributed by atoms with E-state index in [1.807, 2.05) is 0 Å². The number of aryl methyl sites for hydroxylation is 1. The normalized spacial score (nSPS) is 16.4. The lowest BCUT2D eigenvalue weighted by molar-refractivity contribution is 0.607. The van der Waals surface area contributed by atoms with Crippen molar-refractivity contribution in [3.63, 3.8) is 0 Å². The summed E-state index contributed by atoms with van der Waals surface area (Å²) >= 11 is 0.915. The number of nitrogens with two attached hydrogens (primary N) is 1. The van der Waals surface area contributed by atoms with Gasteiger partial charge in [0.05, 0.1) is 25.5 Å². The number of hydrogen-bond acceptors (Lipinski definition) is 4. The molecule has 0 spiro atoms. The zero-order valence-electron chi connectivity index (χ0n) is 17.9. The molecule has 27 heavy (non-hydrogen) atoms. The molecule has 0 unspecified atom stereocenters. The number of pyridine rings is 1. The van der Waals surface area contributed by atoms with Gasteiger partial charge in [0.2, 0.25) is 0 Å². The van der Waals surface area contributed by atoms with Crippen molar-refractivity contribution in [2.24, 2.45) is 0 Å². The van der Waals surface area contributed by atoms with Crippen molar-refractivity contribution in [3.05, 3.63) is 57.3 Å². The molecule has 0 atom stereocenters. The maximum atomic E-state index is 14.8. The molecule has 2 heterocycles. The van der Waals surface area contributed by atoms with Crippen LogP contribution in [0.1, 0.15) is 29.9 Å². The number of thiazole rings is 1. The van der Waals surface area contributed by atoms with Crippen molar-refractivity contribution in [1.82, 2.24) is 9.55 Å². The number of fused-ring (bicyclic) bond motifs is 3. The Balaban J connectivity index is 2.05. The van der Waals surface area contributed by atoms with Crippen LogP contribution in [0, 0.1) is 18.5 Å². The van der Waals surface area contributed by atoms with E-state index in [1.165, 1.54) is 4.57 Å². The first-order chi connectivity index (χ1) is 14.7. The average molecular weight is 387 g/mol. The molecular weight excluding hydrogens is 368 g/mol. The number of halogens is 2. The Morgan fingerprint density at radius 1 is 1.30 bits per heavy atom. The van der Waals surface area contributed by atoms with E-state index in [0.717, 1.165) is 23.5 Å². The third-order valence-electron chi connectivity index (χ3n) is 4.81. The third kappa shape index (κ3) is 2.31. The highest BCUT2D eigenvalue weighted by molar-refractivity contribution is 7.17. The summed E-state index contributed by atoms with van der Waals surface area (Å²) in [5.74, 6) is -1.76. The standard InChI is InChI=1S/C20H15F2N3OS/c1-9-11(13-6-15(22)16(23)7-14(13)21)4-5-12-18(9)25(10-2-3-10)20(26)17-19(12)27-8-24-17/h4-8,10H,2-3,23H2,1H3/i1D,4D,5D,8D. The second-order valence-electron chi connectivity index (χ2n) is 6.57. The van der Waals surface area contributed by atoms with Gasteiger partial charge in [-0.25, -0.2) is 13.8 Å². The summed E-state index contributed by atoms with van der Waals surface area (Å²) < 4.78 is 64.0. The first-order valence-electron chi connectivity index (χ1n) is 10.5. The second-order valence-corrected chi connectivity index (χ2v) is 7.36. The number of hydrogen-bond donors (Lipinski definition) is 1. The minimum absolute atomic E-state index is 0.0516. The number of anilines is 1. The average Bonchev–Trinajstić information content (AvgIpc) is 3.48. The summed E-state index contributed by atoms with van der Waals surface area (Å²) in [7, 11) is 0. The van der Waals surface area contributed by atoms with E-state index in [1.54, 1.807) is 0 Å². The van der Waals surface area contributed by atoms with E-state index in [4.69, 9.17) is 11.2 Å². The molecule has 1 saturated carbocycles. The van der Waals surface area contributed by atoms with E-state index in [-0.39, 0.29) is 56.7 Å². The number of nitrogens with zero attached hydrogens (tertiary/aromatic N) is 2. The van der Waals surface area contributed by atoms with Gasteiger partial charge in [0.1, 0.15) is 17.2 Å².